The normalized spacial score (nSPS) is 18.3. The first-order chi connectivity index (χ1) is 12.6. The van der Waals surface area contributed by atoms with Gasteiger partial charge in [0.25, 0.3) is 11.8 Å². The third kappa shape index (κ3) is 2.60. The van der Waals surface area contributed by atoms with Crippen LogP contribution in [0.1, 0.15) is 59.4 Å². The first kappa shape index (κ1) is 16.5. The Hall–Kier alpha value is -2.96. The Morgan fingerprint density at radius 3 is 2.35 bits per heavy atom. The predicted octanol–water partition coefficient (Wildman–Crippen LogP) is 2.62. The third-order valence-corrected chi connectivity index (χ3v) is 5.18. The Morgan fingerprint density at radius 1 is 1.12 bits per heavy atom. The molecule has 2 aromatic rings. The number of benzene rings is 1. The SMILES string of the molecule is CC(C(=O)Nc1ccnn1C1CCCC1)N1C(=O)c2ccccc2C1=O. The third-order valence-electron chi connectivity index (χ3n) is 5.18. The number of hydrogen-bond donors (Lipinski definition) is 1. The van der Waals surface area contributed by atoms with E-state index in [9.17, 15) is 14.4 Å². The number of anilines is 1. The van der Waals surface area contributed by atoms with E-state index in [1.54, 1.807) is 43.5 Å². The first-order valence-corrected chi connectivity index (χ1v) is 8.89. The maximum atomic E-state index is 12.7. The molecular weight excluding hydrogens is 332 g/mol. The van der Waals surface area contributed by atoms with Gasteiger partial charge in [-0.2, -0.15) is 5.10 Å². The van der Waals surface area contributed by atoms with Crippen molar-refractivity contribution < 1.29 is 14.4 Å². The second-order valence-electron chi connectivity index (χ2n) is 6.79. The van der Waals surface area contributed by atoms with Crippen molar-refractivity contribution >= 4 is 23.5 Å². The molecule has 1 aliphatic carbocycles. The van der Waals surface area contributed by atoms with Crippen LogP contribution in [0.5, 0.6) is 0 Å². The average molecular weight is 352 g/mol. The number of fused-ring (bicyclic) bond motifs is 1. The summed E-state index contributed by atoms with van der Waals surface area (Å²) in [7, 11) is 0. The van der Waals surface area contributed by atoms with Gasteiger partial charge in [-0.15, -0.1) is 0 Å². The van der Waals surface area contributed by atoms with E-state index in [1.807, 2.05) is 4.68 Å². The number of carbonyl (C=O) groups excluding carboxylic acids is 3. The summed E-state index contributed by atoms with van der Waals surface area (Å²) in [4.78, 5) is 38.8. The molecule has 7 nitrogen and oxygen atoms in total. The van der Waals surface area contributed by atoms with Crippen molar-refractivity contribution in [1.29, 1.82) is 0 Å². The highest BCUT2D eigenvalue weighted by Gasteiger charge is 2.40. The van der Waals surface area contributed by atoms with E-state index in [-0.39, 0.29) is 6.04 Å². The zero-order chi connectivity index (χ0) is 18.3. The molecule has 1 N–H and O–H groups in total. The van der Waals surface area contributed by atoms with Crippen molar-refractivity contribution in [2.75, 3.05) is 5.32 Å². The fraction of sp³-hybridized carbons (Fsp3) is 0.368. The van der Waals surface area contributed by atoms with E-state index in [1.165, 1.54) is 0 Å². The largest absolute Gasteiger partial charge is 0.309 e. The Balaban J connectivity index is 1.52. The molecule has 26 heavy (non-hydrogen) atoms. The van der Waals surface area contributed by atoms with Crippen molar-refractivity contribution in [3.05, 3.63) is 47.7 Å². The van der Waals surface area contributed by atoms with Crippen molar-refractivity contribution in [3.63, 3.8) is 0 Å². The van der Waals surface area contributed by atoms with E-state index in [0.29, 0.717) is 16.9 Å². The number of amides is 3. The minimum absolute atomic E-state index is 0.287. The van der Waals surface area contributed by atoms with E-state index >= 15 is 0 Å². The molecule has 3 amide bonds. The molecule has 0 radical (unpaired) electrons. The molecule has 1 aromatic carbocycles. The minimum Gasteiger partial charge on any atom is -0.309 e. The number of aromatic nitrogens is 2. The molecule has 134 valence electrons. The van der Waals surface area contributed by atoms with Crippen LogP contribution in [0.25, 0.3) is 0 Å². The predicted molar refractivity (Wildman–Crippen MR) is 94.8 cm³/mol. The minimum atomic E-state index is -0.908. The lowest BCUT2D eigenvalue weighted by atomic mass is 10.1. The van der Waals surface area contributed by atoms with Crippen molar-refractivity contribution in [1.82, 2.24) is 14.7 Å². The van der Waals surface area contributed by atoms with E-state index in [0.717, 1.165) is 30.6 Å². The van der Waals surface area contributed by atoms with Crippen molar-refractivity contribution in [2.45, 2.75) is 44.7 Å². The summed E-state index contributed by atoms with van der Waals surface area (Å²) < 4.78 is 1.83. The van der Waals surface area contributed by atoms with Crippen LogP contribution in [0.15, 0.2) is 36.5 Å². The van der Waals surface area contributed by atoms with Crippen LogP contribution in [-0.4, -0.2) is 38.4 Å². The lowest BCUT2D eigenvalue weighted by molar-refractivity contribution is -0.119. The van der Waals surface area contributed by atoms with Crippen LogP contribution in [0, 0.1) is 0 Å². The quantitative estimate of drug-likeness (QED) is 0.857. The monoisotopic (exact) mass is 352 g/mol. The summed E-state index contributed by atoms with van der Waals surface area (Å²) in [6, 6.07) is 7.75. The molecule has 1 aromatic heterocycles. The van der Waals surface area contributed by atoms with Gasteiger partial charge in [-0.25, -0.2) is 4.68 Å². The van der Waals surface area contributed by atoms with Gasteiger partial charge < -0.3 is 5.32 Å². The van der Waals surface area contributed by atoms with Gasteiger partial charge in [0.1, 0.15) is 11.9 Å². The summed E-state index contributed by atoms with van der Waals surface area (Å²) in [5.41, 5.74) is 0.682. The van der Waals surface area contributed by atoms with Crippen LogP contribution in [0.4, 0.5) is 5.82 Å². The van der Waals surface area contributed by atoms with Gasteiger partial charge in [0.2, 0.25) is 5.91 Å². The van der Waals surface area contributed by atoms with Crippen molar-refractivity contribution in [2.24, 2.45) is 0 Å². The van der Waals surface area contributed by atoms with E-state index in [4.69, 9.17) is 0 Å². The Labute approximate surface area is 151 Å². The van der Waals surface area contributed by atoms with Gasteiger partial charge in [0, 0.05) is 6.07 Å². The highest BCUT2D eigenvalue weighted by Crippen LogP contribution is 2.31. The number of rotatable bonds is 4. The number of hydrogen-bond acceptors (Lipinski definition) is 4. The molecule has 2 aliphatic rings. The van der Waals surface area contributed by atoms with Crippen LogP contribution >= 0.6 is 0 Å². The average Bonchev–Trinajstić information content (AvgIpc) is 3.36. The number of imide groups is 1. The number of nitrogens with zero attached hydrogens (tertiary/aromatic N) is 3. The zero-order valence-electron chi connectivity index (χ0n) is 14.5. The summed E-state index contributed by atoms with van der Waals surface area (Å²) in [6.07, 6.45) is 6.05. The highest BCUT2D eigenvalue weighted by atomic mass is 16.2. The molecular formula is C19H20N4O3. The molecule has 2 heterocycles. The Kier molecular flexibility index (Phi) is 4.06. The van der Waals surface area contributed by atoms with E-state index in [2.05, 4.69) is 10.4 Å². The van der Waals surface area contributed by atoms with Crippen LogP contribution in [0.2, 0.25) is 0 Å². The molecule has 0 spiro atoms. The van der Waals surface area contributed by atoms with Gasteiger partial charge in [0.15, 0.2) is 0 Å². The Bertz CT molecular complexity index is 847. The van der Waals surface area contributed by atoms with Gasteiger partial charge in [-0.3, -0.25) is 19.3 Å². The van der Waals surface area contributed by atoms with Crippen molar-refractivity contribution in [3.8, 4) is 0 Å². The summed E-state index contributed by atoms with van der Waals surface area (Å²) in [6.45, 7) is 1.56. The molecule has 1 unspecified atom stereocenters. The fourth-order valence-corrected chi connectivity index (χ4v) is 3.76. The van der Waals surface area contributed by atoms with E-state index < -0.39 is 23.8 Å². The number of nitrogens with one attached hydrogen (secondary N) is 1. The van der Waals surface area contributed by atoms with Gasteiger partial charge in [-0.05, 0) is 31.9 Å². The summed E-state index contributed by atoms with van der Waals surface area (Å²) in [5.74, 6) is -0.667. The molecule has 1 atom stereocenters. The second kappa shape index (κ2) is 6.40. The maximum absolute atomic E-state index is 12.7. The topological polar surface area (TPSA) is 84.3 Å². The lowest BCUT2D eigenvalue weighted by Gasteiger charge is -2.22. The smallest absolute Gasteiger partial charge is 0.262 e. The molecule has 1 fully saturated rings. The molecule has 0 saturated heterocycles. The molecule has 7 heteroatoms. The fourth-order valence-electron chi connectivity index (χ4n) is 3.76. The van der Waals surface area contributed by atoms with Crippen LogP contribution in [0.3, 0.4) is 0 Å². The number of carbonyl (C=O) groups is 3. The summed E-state index contributed by atoms with van der Waals surface area (Å²) in [5, 5.41) is 7.15. The first-order valence-electron chi connectivity index (χ1n) is 8.89. The summed E-state index contributed by atoms with van der Waals surface area (Å²) >= 11 is 0. The highest BCUT2D eigenvalue weighted by molar-refractivity contribution is 6.23. The Morgan fingerprint density at radius 2 is 1.73 bits per heavy atom. The molecule has 0 bridgehead atoms. The molecule has 1 aliphatic heterocycles. The van der Waals surface area contributed by atoms with Gasteiger partial charge >= 0.3 is 0 Å². The zero-order valence-corrected chi connectivity index (χ0v) is 14.5. The van der Waals surface area contributed by atoms with Crippen LogP contribution in [-0.2, 0) is 4.79 Å². The van der Waals surface area contributed by atoms with Gasteiger partial charge in [0.05, 0.1) is 23.4 Å². The molecule has 1 saturated carbocycles. The standard InChI is InChI=1S/C19H20N4O3/c1-12(22-18(25)14-8-4-5-9-15(14)19(22)26)17(24)21-16-10-11-20-23(16)13-6-2-3-7-13/h4-5,8-13H,2-3,6-7H2,1H3,(H,21,24). The molecule has 4 rings (SSSR count). The van der Waals surface area contributed by atoms with Gasteiger partial charge in [-0.1, -0.05) is 25.0 Å². The maximum Gasteiger partial charge on any atom is 0.262 e. The lowest BCUT2D eigenvalue weighted by Crippen LogP contribution is -2.45. The van der Waals surface area contributed by atoms with Crippen LogP contribution < -0.4 is 5.32 Å². The second-order valence-corrected chi connectivity index (χ2v) is 6.79.